The largest absolute Gasteiger partial charge is 0.377 e. The van der Waals surface area contributed by atoms with Crippen molar-refractivity contribution in [2.75, 3.05) is 7.11 Å². The minimum Gasteiger partial charge on any atom is -0.377 e. The number of ether oxygens (including phenoxy) is 1. The van der Waals surface area contributed by atoms with Gasteiger partial charge < -0.3 is 9.53 Å². The van der Waals surface area contributed by atoms with E-state index in [1.54, 1.807) is 7.11 Å². The van der Waals surface area contributed by atoms with E-state index in [2.05, 4.69) is 19.6 Å². The Hall–Kier alpha value is -0.890. The first-order chi connectivity index (χ1) is 7.85. The second-order valence-electron chi connectivity index (χ2n) is 5.76. The van der Waals surface area contributed by atoms with Crippen LogP contribution in [0.4, 0.5) is 0 Å². The van der Waals surface area contributed by atoms with Gasteiger partial charge in [0.05, 0.1) is 6.10 Å². The first-order valence-corrected chi connectivity index (χ1v) is 6.16. The van der Waals surface area contributed by atoms with Crippen LogP contribution in [0.2, 0.25) is 0 Å². The van der Waals surface area contributed by atoms with Gasteiger partial charge in [-0.3, -0.25) is 0 Å². The molecular formula is C15H24O2. The van der Waals surface area contributed by atoms with Crippen LogP contribution in [0.25, 0.3) is 0 Å². The molecule has 96 valence electrons. The molecule has 1 rings (SSSR count). The maximum atomic E-state index is 11.4. The molecule has 0 saturated carbocycles. The highest BCUT2D eigenvalue weighted by Crippen LogP contribution is 2.44. The van der Waals surface area contributed by atoms with E-state index in [0.717, 1.165) is 18.3 Å². The molecular weight excluding hydrogens is 212 g/mol. The van der Waals surface area contributed by atoms with E-state index in [9.17, 15) is 4.79 Å². The number of rotatable bonds is 4. The van der Waals surface area contributed by atoms with Crippen LogP contribution in [0.1, 0.15) is 34.1 Å². The van der Waals surface area contributed by atoms with E-state index in [1.165, 1.54) is 5.57 Å². The van der Waals surface area contributed by atoms with Crippen LogP contribution in [0.5, 0.6) is 0 Å². The molecule has 2 heteroatoms. The van der Waals surface area contributed by atoms with Crippen LogP contribution in [0.3, 0.4) is 0 Å². The number of methoxy groups -OCH3 is 1. The van der Waals surface area contributed by atoms with E-state index >= 15 is 0 Å². The normalized spacial score (nSPS) is 29.7. The molecule has 0 bridgehead atoms. The lowest BCUT2D eigenvalue weighted by Gasteiger charge is -2.44. The van der Waals surface area contributed by atoms with Gasteiger partial charge in [-0.25, -0.2) is 0 Å². The molecule has 1 aliphatic rings. The van der Waals surface area contributed by atoms with E-state index in [4.69, 9.17) is 4.74 Å². The monoisotopic (exact) mass is 236 g/mol. The van der Waals surface area contributed by atoms with Gasteiger partial charge in [-0.05, 0) is 31.8 Å². The SMILES string of the molecule is C=C(C)[C@@H]1CC=C(C)[C@H](OC)[C@H]1C(C)(C)C=O. The minimum atomic E-state index is -0.389. The zero-order chi connectivity index (χ0) is 13.2. The average Bonchev–Trinajstić information content (AvgIpc) is 2.28. The second-order valence-corrected chi connectivity index (χ2v) is 5.76. The molecule has 0 fully saturated rings. The van der Waals surface area contributed by atoms with Crippen molar-refractivity contribution in [3.8, 4) is 0 Å². The zero-order valence-corrected chi connectivity index (χ0v) is 11.6. The molecule has 0 radical (unpaired) electrons. The quantitative estimate of drug-likeness (QED) is 0.552. The summed E-state index contributed by atoms with van der Waals surface area (Å²) in [6, 6.07) is 0. The van der Waals surface area contributed by atoms with Crippen molar-refractivity contribution in [3.05, 3.63) is 23.8 Å². The van der Waals surface area contributed by atoms with Crippen LogP contribution in [-0.4, -0.2) is 19.5 Å². The van der Waals surface area contributed by atoms with Gasteiger partial charge in [-0.1, -0.05) is 32.1 Å². The number of allylic oxidation sites excluding steroid dienone is 2. The Morgan fingerprint density at radius 3 is 2.59 bits per heavy atom. The molecule has 0 saturated heterocycles. The molecule has 0 unspecified atom stereocenters. The van der Waals surface area contributed by atoms with Gasteiger partial charge in [0.15, 0.2) is 0 Å². The summed E-state index contributed by atoms with van der Waals surface area (Å²) in [6.07, 6.45) is 4.25. The molecule has 3 atom stereocenters. The van der Waals surface area contributed by atoms with Gasteiger partial charge in [0.1, 0.15) is 6.29 Å². The fourth-order valence-electron chi connectivity index (χ4n) is 2.90. The Morgan fingerprint density at radius 1 is 1.59 bits per heavy atom. The zero-order valence-electron chi connectivity index (χ0n) is 11.6. The summed E-state index contributed by atoms with van der Waals surface area (Å²) in [5.74, 6) is 0.497. The number of carbonyl (C=O) groups excluding carboxylic acids is 1. The molecule has 0 spiro atoms. The third-order valence-electron chi connectivity index (χ3n) is 3.95. The standard InChI is InChI=1S/C15H24O2/c1-10(2)12-8-7-11(3)14(17-6)13(12)15(4,5)9-16/h7,9,12-14H,1,8H2,2-6H3/t12-,13-,14-/m0/s1. The summed E-state index contributed by atoms with van der Waals surface area (Å²) in [5, 5.41) is 0. The number of hydrogen-bond donors (Lipinski definition) is 0. The Morgan fingerprint density at radius 2 is 2.18 bits per heavy atom. The van der Waals surface area contributed by atoms with Gasteiger partial charge in [-0.2, -0.15) is 0 Å². The molecule has 0 amide bonds. The van der Waals surface area contributed by atoms with Crippen molar-refractivity contribution in [1.82, 2.24) is 0 Å². The predicted molar refractivity (Wildman–Crippen MR) is 70.8 cm³/mol. The van der Waals surface area contributed by atoms with E-state index in [0.29, 0.717) is 5.92 Å². The second kappa shape index (κ2) is 5.18. The molecule has 1 aliphatic carbocycles. The highest BCUT2D eigenvalue weighted by atomic mass is 16.5. The lowest BCUT2D eigenvalue weighted by Crippen LogP contribution is -2.44. The average molecular weight is 236 g/mol. The lowest BCUT2D eigenvalue weighted by atomic mass is 9.63. The van der Waals surface area contributed by atoms with Crippen LogP contribution < -0.4 is 0 Å². The van der Waals surface area contributed by atoms with E-state index in [-0.39, 0.29) is 17.4 Å². The van der Waals surface area contributed by atoms with Gasteiger partial charge >= 0.3 is 0 Å². The third-order valence-corrected chi connectivity index (χ3v) is 3.95. The summed E-state index contributed by atoms with van der Waals surface area (Å²) >= 11 is 0. The lowest BCUT2D eigenvalue weighted by molar-refractivity contribution is -0.121. The first kappa shape index (κ1) is 14.2. The van der Waals surface area contributed by atoms with Crippen LogP contribution in [0.15, 0.2) is 23.8 Å². The number of hydrogen-bond acceptors (Lipinski definition) is 2. The van der Waals surface area contributed by atoms with Gasteiger partial charge in [0.25, 0.3) is 0 Å². The summed E-state index contributed by atoms with van der Waals surface area (Å²) in [5.41, 5.74) is 1.97. The molecule has 0 N–H and O–H groups in total. The minimum absolute atomic E-state index is 0.0191. The van der Waals surface area contributed by atoms with Crippen molar-refractivity contribution in [2.45, 2.75) is 40.2 Å². The molecule has 0 aromatic heterocycles. The van der Waals surface area contributed by atoms with Crippen molar-refractivity contribution in [1.29, 1.82) is 0 Å². The summed E-state index contributed by atoms with van der Waals surface area (Å²) < 4.78 is 5.62. The van der Waals surface area contributed by atoms with E-state index < -0.39 is 0 Å². The Labute approximate surface area is 105 Å². The van der Waals surface area contributed by atoms with E-state index in [1.807, 2.05) is 20.8 Å². The number of carbonyl (C=O) groups is 1. The molecule has 0 aromatic rings. The molecule has 0 heterocycles. The van der Waals surface area contributed by atoms with Crippen LogP contribution in [0, 0.1) is 17.3 Å². The highest BCUT2D eigenvalue weighted by Gasteiger charge is 2.43. The molecule has 0 aliphatic heterocycles. The van der Waals surface area contributed by atoms with Crippen molar-refractivity contribution in [3.63, 3.8) is 0 Å². The fraction of sp³-hybridized carbons (Fsp3) is 0.667. The highest BCUT2D eigenvalue weighted by molar-refractivity contribution is 5.59. The smallest absolute Gasteiger partial charge is 0.125 e. The number of aldehydes is 1. The summed E-state index contributed by atoms with van der Waals surface area (Å²) in [7, 11) is 1.72. The molecule has 2 nitrogen and oxygen atoms in total. The van der Waals surface area contributed by atoms with Crippen LogP contribution in [-0.2, 0) is 9.53 Å². The third kappa shape index (κ3) is 2.68. The van der Waals surface area contributed by atoms with Gasteiger partial charge in [0.2, 0.25) is 0 Å². The molecule has 17 heavy (non-hydrogen) atoms. The van der Waals surface area contributed by atoms with Crippen molar-refractivity contribution >= 4 is 6.29 Å². The maximum Gasteiger partial charge on any atom is 0.125 e. The van der Waals surface area contributed by atoms with Gasteiger partial charge in [0, 0.05) is 18.4 Å². The first-order valence-electron chi connectivity index (χ1n) is 6.16. The van der Waals surface area contributed by atoms with Crippen LogP contribution >= 0.6 is 0 Å². The molecule has 0 aromatic carbocycles. The Kier molecular flexibility index (Phi) is 4.31. The van der Waals surface area contributed by atoms with Gasteiger partial charge in [-0.15, -0.1) is 0 Å². The van der Waals surface area contributed by atoms with Crippen molar-refractivity contribution in [2.24, 2.45) is 17.3 Å². The van der Waals surface area contributed by atoms with Crippen molar-refractivity contribution < 1.29 is 9.53 Å². The fourth-order valence-corrected chi connectivity index (χ4v) is 2.90. The topological polar surface area (TPSA) is 26.3 Å². The summed E-state index contributed by atoms with van der Waals surface area (Å²) in [6.45, 7) is 12.2. The predicted octanol–water partition coefficient (Wildman–Crippen LogP) is 3.39. The Bertz CT molecular complexity index is 337. The maximum absolute atomic E-state index is 11.4. The summed E-state index contributed by atoms with van der Waals surface area (Å²) in [4.78, 5) is 11.4. The Balaban J connectivity index is 3.19.